The predicted octanol–water partition coefficient (Wildman–Crippen LogP) is 3.76. The van der Waals surface area contributed by atoms with Crippen LogP contribution < -0.4 is 5.32 Å². The zero-order chi connectivity index (χ0) is 18.5. The topological polar surface area (TPSA) is 62.7 Å². The molecule has 1 aromatic heterocycles. The van der Waals surface area contributed by atoms with Crippen molar-refractivity contribution in [1.82, 2.24) is 20.1 Å². The summed E-state index contributed by atoms with van der Waals surface area (Å²) in [7, 11) is 0. The molecule has 0 bridgehead atoms. The lowest BCUT2D eigenvalue weighted by atomic mass is 10.1. The quantitative estimate of drug-likeness (QED) is 0.650. The van der Waals surface area contributed by atoms with Crippen LogP contribution in [0.15, 0.2) is 48.5 Å². The van der Waals surface area contributed by atoms with Crippen LogP contribution in [-0.2, 0) is 17.9 Å². The van der Waals surface area contributed by atoms with Gasteiger partial charge in [0.2, 0.25) is 5.91 Å². The van der Waals surface area contributed by atoms with Crippen LogP contribution in [0.1, 0.15) is 17.5 Å². The van der Waals surface area contributed by atoms with Gasteiger partial charge in [0, 0.05) is 25.1 Å². The van der Waals surface area contributed by atoms with E-state index < -0.39 is 0 Å². The summed E-state index contributed by atoms with van der Waals surface area (Å²) in [5, 5.41) is 9.84. The third-order valence-corrected chi connectivity index (χ3v) is 4.32. The molecule has 0 unspecified atom stereocenters. The van der Waals surface area contributed by atoms with Crippen molar-refractivity contribution in [2.45, 2.75) is 26.4 Å². The van der Waals surface area contributed by atoms with Crippen LogP contribution in [0.3, 0.4) is 0 Å². The van der Waals surface area contributed by atoms with E-state index in [0.717, 1.165) is 16.7 Å². The molecule has 0 atom stereocenters. The molecule has 2 N–H and O–H groups in total. The van der Waals surface area contributed by atoms with Gasteiger partial charge >= 0.3 is 0 Å². The number of H-pyrrole nitrogens is 1. The fraction of sp³-hybridized carbons (Fsp3) is 0.211. The molecule has 1 amide bonds. The van der Waals surface area contributed by atoms with Gasteiger partial charge in [0.1, 0.15) is 5.82 Å². The molecule has 26 heavy (non-hydrogen) atoms. The largest absolute Gasteiger partial charge is 0.352 e. The molecular formula is C19H19FN4OS. The van der Waals surface area contributed by atoms with E-state index >= 15 is 0 Å². The Labute approximate surface area is 155 Å². The second kappa shape index (κ2) is 8.05. The molecule has 134 valence electrons. The number of amides is 1. The summed E-state index contributed by atoms with van der Waals surface area (Å²) in [5.41, 5.74) is 2.81. The summed E-state index contributed by atoms with van der Waals surface area (Å²) in [6.07, 6.45) is 0.252. The maximum absolute atomic E-state index is 13.2. The third kappa shape index (κ3) is 4.43. The Morgan fingerprint density at radius 2 is 2.04 bits per heavy atom. The van der Waals surface area contributed by atoms with Gasteiger partial charge in [0.15, 0.2) is 10.6 Å². The van der Waals surface area contributed by atoms with Crippen molar-refractivity contribution in [1.29, 1.82) is 0 Å². The first-order valence-electron chi connectivity index (χ1n) is 8.26. The van der Waals surface area contributed by atoms with E-state index in [4.69, 9.17) is 12.2 Å². The highest BCUT2D eigenvalue weighted by Crippen LogP contribution is 2.18. The van der Waals surface area contributed by atoms with Gasteiger partial charge in [-0.3, -0.25) is 14.5 Å². The summed E-state index contributed by atoms with van der Waals surface area (Å²) >= 11 is 5.28. The molecule has 0 aliphatic carbocycles. The summed E-state index contributed by atoms with van der Waals surface area (Å²) in [5.74, 6) is 0.254. The smallest absolute Gasteiger partial charge is 0.222 e. The number of carbonyl (C=O) groups is 1. The molecular weight excluding hydrogens is 351 g/mol. The fourth-order valence-electron chi connectivity index (χ4n) is 2.60. The number of carbonyl (C=O) groups excluding carboxylic acids is 1. The Balaban J connectivity index is 1.62. The van der Waals surface area contributed by atoms with Crippen LogP contribution in [-0.4, -0.2) is 20.7 Å². The second-order valence-electron chi connectivity index (χ2n) is 6.03. The monoisotopic (exact) mass is 370 g/mol. The first kappa shape index (κ1) is 18.0. The van der Waals surface area contributed by atoms with Crippen LogP contribution in [0.25, 0.3) is 11.4 Å². The van der Waals surface area contributed by atoms with E-state index in [9.17, 15) is 9.18 Å². The van der Waals surface area contributed by atoms with Gasteiger partial charge < -0.3 is 5.32 Å². The summed E-state index contributed by atoms with van der Waals surface area (Å²) < 4.78 is 15.4. The van der Waals surface area contributed by atoms with Gasteiger partial charge in [0.05, 0.1) is 0 Å². The van der Waals surface area contributed by atoms with Crippen LogP contribution in [0.5, 0.6) is 0 Å². The first-order valence-corrected chi connectivity index (χ1v) is 8.67. The number of halogens is 1. The van der Waals surface area contributed by atoms with Crippen molar-refractivity contribution in [3.8, 4) is 11.4 Å². The summed E-state index contributed by atoms with van der Waals surface area (Å²) in [6.45, 7) is 2.72. The zero-order valence-corrected chi connectivity index (χ0v) is 15.1. The zero-order valence-electron chi connectivity index (χ0n) is 14.3. The third-order valence-electron chi connectivity index (χ3n) is 4.01. The molecule has 0 radical (unpaired) electrons. The molecule has 0 aliphatic rings. The van der Waals surface area contributed by atoms with Crippen molar-refractivity contribution in [3.63, 3.8) is 0 Å². The minimum Gasteiger partial charge on any atom is -0.352 e. The van der Waals surface area contributed by atoms with E-state index in [1.807, 2.05) is 35.8 Å². The van der Waals surface area contributed by atoms with Crippen molar-refractivity contribution in [3.05, 3.63) is 70.2 Å². The number of aryl methyl sites for hydroxylation is 1. The molecule has 0 fully saturated rings. The van der Waals surface area contributed by atoms with E-state index in [-0.39, 0.29) is 24.7 Å². The number of hydrogen-bond acceptors (Lipinski definition) is 3. The molecule has 2 aromatic carbocycles. The highest BCUT2D eigenvalue weighted by molar-refractivity contribution is 7.71. The number of aromatic nitrogens is 3. The first-order chi connectivity index (χ1) is 12.5. The lowest BCUT2D eigenvalue weighted by Gasteiger charge is -2.08. The normalized spacial score (nSPS) is 10.7. The summed E-state index contributed by atoms with van der Waals surface area (Å²) in [6, 6.07) is 14.1. The predicted molar refractivity (Wildman–Crippen MR) is 100 cm³/mol. The Bertz CT molecular complexity index is 962. The van der Waals surface area contributed by atoms with Crippen molar-refractivity contribution < 1.29 is 9.18 Å². The van der Waals surface area contributed by atoms with Crippen LogP contribution >= 0.6 is 12.2 Å². The number of nitrogens with zero attached hydrogens (tertiary/aromatic N) is 2. The van der Waals surface area contributed by atoms with Crippen molar-refractivity contribution in [2.75, 3.05) is 0 Å². The van der Waals surface area contributed by atoms with Gasteiger partial charge in [0.25, 0.3) is 0 Å². The number of aromatic amines is 1. The molecule has 1 heterocycles. The molecule has 0 saturated carbocycles. The number of hydrogen-bond donors (Lipinski definition) is 2. The SMILES string of the molecule is Cc1ccc(-c2n[nH]c(=S)n2CCC(=O)NCc2cccc(F)c2)cc1. The van der Waals surface area contributed by atoms with E-state index in [1.165, 1.54) is 12.1 Å². The molecule has 0 spiro atoms. The van der Waals surface area contributed by atoms with E-state index in [2.05, 4.69) is 15.5 Å². The lowest BCUT2D eigenvalue weighted by molar-refractivity contribution is -0.121. The van der Waals surface area contributed by atoms with Gasteiger partial charge in [-0.1, -0.05) is 42.0 Å². The molecule has 7 heteroatoms. The fourth-order valence-corrected chi connectivity index (χ4v) is 2.82. The Hall–Kier alpha value is -2.80. The van der Waals surface area contributed by atoms with Crippen LogP contribution in [0.2, 0.25) is 0 Å². The minimum absolute atomic E-state index is 0.132. The van der Waals surface area contributed by atoms with E-state index in [0.29, 0.717) is 17.1 Å². The maximum Gasteiger partial charge on any atom is 0.222 e. The van der Waals surface area contributed by atoms with Gasteiger partial charge in [-0.2, -0.15) is 5.10 Å². The van der Waals surface area contributed by atoms with E-state index in [1.54, 1.807) is 12.1 Å². The molecule has 0 aliphatic heterocycles. The number of nitrogens with one attached hydrogen (secondary N) is 2. The average molecular weight is 370 g/mol. The van der Waals surface area contributed by atoms with Gasteiger partial charge in [-0.05, 0) is 36.8 Å². The maximum atomic E-state index is 13.2. The molecule has 5 nitrogen and oxygen atoms in total. The highest BCUT2D eigenvalue weighted by Gasteiger charge is 2.10. The second-order valence-corrected chi connectivity index (χ2v) is 6.41. The molecule has 3 rings (SSSR count). The Morgan fingerprint density at radius 1 is 1.27 bits per heavy atom. The standard InChI is InChI=1S/C19H19FN4OS/c1-13-5-7-15(8-6-13)18-22-23-19(26)24(18)10-9-17(25)21-12-14-3-2-4-16(20)11-14/h2-8,11H,9-10,12H2,1H3,(H,21,25)(H,23,26). The van der Waals surface area contributed by atoms with Gasteiger partial charge in [-0.25, -0.2) is 4.39 Å². The van der Waals surface area contributed by atoms with Gasteiger partial charge in [-0.15, -0.1) is 0 Å². The Morgan fingerprint density at radius 3 is 2.77 bits per heavy atom. The van der Waals surface area contributed by atoms with Crippen LogP contribution in [0, 0.1) is 17.5 Å². The van der Waals surface area contributed by atoms with Crippen molar-refractivity contribution >= 4 is 18.1 Å². The lowest BCUT2D eigenvalue weighted by Crippen LogP contribution is -2.24. The number of benzene rings is 2. The minimum atomic E-state index is -0.316. The van der Waals surface area contributed by atoms with Crippen molar-refractivity contribution in [2.24, 2.45) is 0 Å². The molecule has 0 saturated heterocycles. The average Bonchev–Trinajstić information content (AvgIpc) is 2.99. The Kier molecular flexibility index (Phi) is 5.58. The summed E-state index contributed by atoms with van der Waals surface area (Å²) in [4.78, 5) is 12.1. The highest BCUT2D eigenvalue weighted by atomic mass is 32.1. The molecule has 3 aromatic rings. The van der Waals surface area contributed by atoms with Crippen LogP contribution in [0.4, 0.5) is 4.39 Å². The number of rotatable bonds is 6.